The maximum absolute atomic E-state index is 6.70. The first-order chi connectivity index (χ1) is 6.54. The molecule has 7 heteroatoms. The van der Waals surface area contributed by atoms with E-state index in [0.29, 0.717) is 0 Å². The first-order valence-corrected chi connectivity index (χ1v) is 4.66. The average Bonchev–Trinajstić information content (AvgIpc) is 2.59. The number of thiazole rings is 1. The molecule has 0 unspecified atom stereocenters. The molecule has 0 aliphatic heterocycles. The fourth-order valence-electron chi connectivity index (χ4n) is 0.399. The van der Waals surface area contributed by atoms with Crippen LogP contribution in [0.3, 0.4) is 0 Å². The maximum atomic E-state index is 6.70. The second kappa shape index (κ2) is 6.84. The molecule has 5 N–H and O–H groups in total. The molecule has 14 heavy (non-hydrogen) atoms. The molecular formula is C7H14N6S. The molecule has 1 aromatic heterocycles. The third-order valence-corrected chi connectivity index (χ3v) is 1.56. The number of hydrogen-bond acceptors (Lipinski definition) is 3. The average molecular weight is 214 g/mol. The highest BCUT2D eigenvalue weighted by atomic mass is 32.1. The van der Waals surface area contributed by atoms with Crippen molar-refractivity contribution in [3.05, 3.63) is 17.1 Å². The Hall–Kier alpha value is -1.63. The lowest BCUT2D eigenvalue weighted by atomic mass is 10.8. The molecule has 0 saturated carbocycles. The van der Waals surface area contributed by atoms with Crippen molar-refractivity contribution in [3.63, 3.8) is 0 Å². The molecule has 0 aliphatic carbocycles. The van der Waals surface area contributed by atoms with Crippen LogP contribution in [0.1, 0.15) is 0 Å². The molecule has 0 amide bonds. The molecule has 0 saturated heterocycles. The van der Waals surface area contributed by atoms with Gasteiger partial charge in [0.05, 0.1) is 5.51 Å². The molecule has 0 spiro atoms. The zero-order valence-corrected chi connectivity index (χ0v) is 8.95. The molecule has 0 radical (unpaired) electrons. The van der Waals surface area contributed by atoms with Gasteiger partial charge in [0.1, 0.15) is 0 Å². The van der Waals surface area contributed by atoms with Gasteiger partial charge in [0.25, 0.3) is 0 Å². The van der Waals surface area contributed by atoms with E-state index in [0.717, 1.165) is 0 Å². The van der Waals surface area contributed by atoms with E-state index in [9.17, 15) is 0 Å². The quantitative estimate of drug-likeness (QED) is 0.414. The molecular weight excluding hydrogens is 200 g/mol. The van der Waals surface area contributed by atoms with Crippen LogP contribution < -0.4 is 11.5 Å². The smallest absolute Gasteiger partial charge is 0.215 e. The van der Waals surface area contributed by atoms with Crippen molar-refractivity contribution in [2.75, 3.05) is 14.1 Å². The van der Waals surface area contributed by atoms with Gasteiger partial charge in [0.15, 0.2) is 5.96 Å². The first-order valence-electron chi connectivity index (χ1n) is 3.71. The SMILES string of the molecule is CN(C)/C(N)=N/C(=N)N.c1cscn1. The number of nitrogens with one attached hydrogen (secondary N) is 1. The Morgan fingerprint density at radius 2 is 2.14 bits per heavy atom. The summed E-state index contributed by atoms with van der Waals surface area (Å²) in [6.45, 7) is 0. The van der Waals surface area contributed by atoms with Gasteiger partial charge in [-0.15, -0.1) is 11.3 Å². The van der Waals surface area contributed by atoms with Gasteiger partial charge in [0.2, 0.25) is 5.96 Å². The summed E-state index contributed by atoms with van der Waals surface area (Å²) in [5, 5.41) is 8.63. The van der Waals surface area contributed by atoms with Crippen molar-refractivity contribution in [1.82, 2.24) is 9.88 Å². The fraction of sp³-hybridized carbons (Fsp3) is 0.286. The lowest BCUT2D eigenvalue weighted by Crippen LogP contribution is -2.32. The summed E-state index contributed by atoms with van der Waals surface area (Å²) in [6.07, 6.45) is 1.77. The summed E-state index contributed by atoms with van der Waals surface area (Å²) in [4.78, 5) is 8.77. The standard InChI is InChI=1S/C4H11N5.C3H3NS/c1-9(2)4(7)8-3(5)6;1-2-5-3-4-1/h1-2H3,(H5,5,6,7,8);1-3H. The number of nitrogens with two attached hydrogens (primary N) is 2. The zero-order chi connectivity index (χ0) is 11.0. The second-order valence-corrected chi connectivity index (χ2v) is 3.18. The highest BCUT2D eigenvalue weighted by Gasteiger charge is 1.92. The van der Waals surface area contributed by atoms with Gasteiger partial charge >= 0.3 is 0 Å². The lowest BCUT2D eigenvalue weighted by Gasteiger charge is -2.08. The third-order valence-electron chi connectivity index (χ3n) is 1.04. The Balaban J connectivity index is 0.000000280. The van der Waals surface area contributed by atoms with Crippen molar-refractivity contribution in [1.29, 1.82) is 5.41 Å². The van der Waals surface area contributed by atoms with Gasteiger partial charge in [-0.25, -0.2) is 0 Å². The van der Waals surface area contributed by atoms with E-state index in [1.54, 1.807) is 42.0 Å². The van der Waals surface area contributed by atoms with E-state index in [-0.39, 0.29) is 11.9 Å². The minimum atomic E-state index is -0.277. The molecule has 6 nitrogen and oxygen atoms in total. The Bertz CT molecular complexity index is 261. The Morgan fingerprint density at radius 1 is 1.50 bits per heavy atom. The number of aromatic nitrogens is 1. The number of rotatable bonds is 0. The van der Waals surface area contributed by atoms with E-state index in [1.807, 2.05) is 5.38 Å². The van der Waals surface area contributed by atoms with Crippen molar-refractivity contribution in [2.24, 2.45) is 16.5 Å². The van der Waals surface area contributed by atoms with Crippen LogP contribution in [0.25, 0.3) is 0 Å². The minimum absolute atomic E-state index is 0.238. The Morgan fingerprint density at radius 3 is 2.29 bits per heavy atom. The Kier molecular flexibility index (Phi) is 6.04. The summed E-state index contributed by atoms with van der Waals surface area (Å²) >= 11 is 1.60. The largest absolute Gasteiger partial charge is 0.369 e. The van der Waals surface area contributed by atoms with Crippen LogP contribution in [-0.4, -0.2) is 35.9 Å². The van der Waals surface area contributed by atoms with Gasteiger partial charge in [-0.2, -0.15) is 4.99 Å². The highest BCUT2D eigenvalue weighted by Crippen LogP contribution is 1.85. The molecule has 0 aromatic carbocycles. The van der Waals surface area contributed by atoms with Crippen LogP contribution in [0.15, 0.2) is 22.1 Å². The van der Waals surface area contributed by atoms with Crippen molar-refractivity contribution < 1.29 is 0 Å². The van der Waals surface area contributed by atoms with Crippen LogP contribution in [0.4, 0.5) is 0 Å². The maximum Gasteiger partial charge on any atom is 0.215 e. The van der Waals surface area contributed by atoms with Crippen LogP contribution in [0.2, 0.25) is 0 Å². The Labute approximate surface area is 86.8 Å². The third kappa shape index (κ3) is 7.04. The van der Waals surface area contributed by atoms with Crippen molar-refractivity contribution in [3.8, 4) is 0 Å². The van der Waals surface area contributed by atoms with E-state index >= 15 is 0 Å². The summed E-state index contributed by atoms with van der Waals surface area (Å²) < 4.78 is 0. The number of aliphatic imine (C=N–C) groups is 1. The highest BCUT2D eigenvalue weighted by molar-refractivity contribution is 7.07. The molecule has 0 aliphatic rings. The van der Waals surface area contributed by atoms with Crippen LogP contribution >= 0.6 is 11.3 Å². The molecule has 78 valence electrons. The molecule has 1 heterocycles. The number of guanidine groups is 2. The van der Waals surface area contributed by atoms with E-state index in [2.05, 4.69) is 9.98 Å². The predicted molar refractivity (Wildman–Crippen MR) is 59.3 cm³/mol. The van der Waals surface area contributed by atoms with Crippen LogP contribution in [0, 0.1) is 5.41 Å². The van der Waals surface area contributed by atoms with Gasteiger partial charge in [-0.05, 0) is 0 Å². The molecule has 1 rings (SSSR count). The summed E-state index contributed by atoms with van der Waals surface area (Å²) in [5.74, 6) is -0.0382. The predicted octanol–water partition coefficient (Wildman–Crippen LogP) is -0.101. The monoisotopic (exact) mass is 214 g/mol. The van der Waals surface area contributed by atoms with Crippen molar-refractivity contribution >= 4 is 23.3 Å². The van der Waals surface area contributed by atoms with Crippen molar-refractivity contribution in [2.45, 2.75) is 0 Å². The van der Waals surface area contributed by atoms with Gasteiger partial charge < -0.3 is 16.4 Å². The van der Waals surface area contributed by atoms with Gasteiger partial charge in [-0.1, -0.05) is 0 Å². The summed E-state index contributed by atoms with van der Waals surface area (Å²) in [6, 6.07) is 0. The first kappa shape index (κ1) is 12.4. The summed E-state index contributed by atoms with van der Waals surface area (Å²) in [7, 11) is 3.45. The molecule has 0 atom stereocenters. The summed E-state index contributed by atoms with van der Waals surface area (Å²) in [5.41, 5.74) is 12.0. The fourth-order valence-corrected chi connectivity index (χ4v) is 0.750. The van der Waals surface area contributed by atoms with Crippen LogP contribution in [0.5, 0.6) is 0 Å². The molecule has 0 bridgehead atoms. The molecule has 0 fully saturated rings. The van der Waals surface area contributed by atoms with E-state index in [1.165, 1.54) is 0 Å². The number of hydrogen-bond donors (Lipinski definition) is 3. The zero-order valence-electron chi connectivity index (χ0n) is 8.14. The second-order valence-electron chi connectivity index (χ2n) is 2.43. The number of nitrogens with zero attached hydrogens (tertiary/aromatic N) is 3. The van der Waals surface area contributed by atoms with Gasteiger partial charge in [-0.3, -0.25) is 10.4 Å². The van der Waals surface area contributed by atoms with E-state index < -0.39 is 0 Å². The van der Waals surface area contributed by atoms with Gasteiger partial charge in [0, 0.05) is 25.7 Å². The normalized spacial score (nSPS) is 10.0. The van der Waals surface area contributed by atoms with E-state index in [4.69, 9.17) is 16.9 Å². The minimum Gasteiger partial charge on any atom is -0.369 e. The van der Waals surface area contributed by atoms with Crippen LogP contribution in [-0.2, 0) is 0 Å². The molecule has 1 aromatic rings. The lowest BCUT2D eigenvalue weighted by molar-refractivity contribution is 0.615. The topological polar surface area (TPSA) is 104 Å².